The molecule has 0 bridgehead atoms. The minimum atomic E-state index is -0.506. The highest BCUT2D eigenvalue weighted by Gasteiger charge is 2.14. The molecule has 0 amide bonds. The molecule has 0 unspecified atom stereocenters. The molecule has 1 heterocycles. The molecule has 0 aliphatic carbocycles. The Morgan fingerprint density at radius 1 is 1.50 bits per heavy atom. The molecule has 2 rings (SSSR count). The normalized spacial score (nSPS) is 10.4. The molecule has 0 saturated heterocycles. The van der Waals surface area contributed by atoms with Crippen molar-refractivity contribution < 1.29 is 14.5 Å². The van der Waals surface area contributed by atoms with Crippen molar-refractivity contribution in [2.24, 2.45) is 0 Å². The van der Waals surface area contributed by atoms with Crippen LogP contribution in [0.25, 0.3) is 11.0 Å². The maximum atomic E-state index is 11.1. The second-order valence-electron chi connectivity index (χ2n) is 3.90. The van der Waals surface area contributed by atoms with Gasteiger partial charge >= 0.3 is 5.97 Å². The lowest BCUT2D eigenvalue weighted by atomic mass is 10.2. The fraction of sp³-hybridized carbons (Fsp3) is 0.273. The summed E-state index contributed by atoms with van der Waals surface area (Å²) in [6, 6.07) is 4.19. The third-order valence-corrected chi connectivity index (χ3v) is 3.02. The van der Waals surface area contributed by atoms with Crippen LogP contribution in [0.15, 0.2) is 18.2 Å². The highest BCUT2D eigenvalue weighted by atomic mass is 32.1. The molecule has 104 valence electrons. The van der Waals surface area contributed by atoms with E-state index in [2.05, 4.69) is 15.0 Å². The first-order chi connectivity index (χ1) is 9.52. The summed E-state index contributed by atoms with van der Waals surface area (Å²) in [7, 11) is 1.29. The topological polar surface area (TPSA) is 100 Å². The molecular weight excluding hydrogens is 284 g/mol. The summed E-state index contributed by atoms with van der Waals surface area (Å²) in [5.41, 5.74) is 0.863. The van der Waals surface area contributed by atoms with Crippen LogP contribution in [0.5, 0.6) is 0 Å². The number of methoxy groups -OCH3 is 1. The summed E-state index contributed by atoms with van der Waals surface area (Å²) in [5.74, 6) is -0.386. The van der Waals surface area contributed by atoms with E-state index in [9.17, 15) is 14.9 Å². The van der Waals surface area contributed by atoms with E-state index in [0.717, 1.165) is 0 Å². The number of hydrogen-bond acceptors (Lipinski definition) is 7. The van der Waals surface area contributed by atoms with Gasteiger partial charge in [0.05, 0.1) is 18.5 Å². The van der Waals surface area contributed by atoms with E-state index in [1.165, 1.54) is 30.0 Å². The van der Waals surface area contributed by atoms with Gasteiger partial charge in [0.15, 0.2) is 0 Å². The van der Waals surface area contributed by atoms with Gasteiger partial charge in [0, 0.05) is 18.6 Å². The fourth-order valence-corrected chi connectivity index (χ4v) is 1.86. The molecule has 0 fully saturated rings. The number of hydrogen-bond donors (Lipinski definition) is 0. The standard InChI is InChI=1S/C11H10N4O4S/c1-19-11(16)5-4-10(20)14-9-6-7(15(17)18)2-3-8(9)12-13-14/h2-3,6H,4-5H2,1H3. The van der Waals surface area contributed by atoms with Crippen LogP contribution in [0, 0.1) is 10.1 Å². The van der Waals surface area contributed by atoms with Crippen molar-refractivity contribution in [3.8, 4) is 0 Å². The second kappa shape index (κ2) is 5.70. The van der Waals surface area contributed by atoms with Gasteiger partial charge in [0.2, 0.25) is 0 Å². The van der Waals surface area contributed by atoms with Crippen LogP contribution >= 0.6 is 12.2 Å². The Bertz CT molecular complexity index is 697. The van der Waals surface area contributed by atoms with Crippen molar-refractivity contribution >= 4 is 39.9 Å². The van der Waals surface area contributed by atoms with Crippen LogP contribution in [-0.2, 0) is 9.53 Å². The zero-order chi connectivity index (χ0) is 14.7. The summed E-state index contributed by atoms with van der Waals surface area (Å²) >= 11 is 5.16. The number of non-ortho nitro benzene ring substituents is 1. The zero-order valence-electron chi connectivity index (χ0n) is 10.5. The lowest BCUT2D eigenvalue weighted by Gasteiger charge is -2.03. The van der Waals surface area contributed by atoms with Crippen LogP contribution in [0.1, 0.15) is 12.8 Å². The van der Waals surface area contributed by atoms with Crippen molar-refractivity contribution in [2.75, 3.05) is 7.11 Å². The van der Waals surface area contributed by atoms with E-state index in [-0.39, 0.29) is 24.5 Å². The predicted octanol–water partition coefficient (Wildman–Crippen LogP) is 1.47. The summed E-state index contributed by atoms with van der Waals surface area (Å²) in [6.07, 6.45) is 0.370. The molecular formula is C11H10N4O4S. The maximum absolute atomic E-state index is 11.1. The molecule has 8 nitrogen and oxygen atoms in total. The minimum Gasteiger partial charge on any atom is -0.469 e. The SMILES string of the molecule is COC(=O)CCC(=S)n1nnc2ccc([N+](=O)[O-])cc21. The Kier molecular flexibility index (Phi) is 3.99. The number of esters is 1. The highest BCUT2D eigenvalue weighted by Crippen LogP contribution is 2.19. The smallest absolute Gasteiger partial charge is 0.305 e. The Hall–Kier alpha value is -2.42. The van der Waals surface area contributed by atoms with Gasteiger partial charge < -0.3 is 4.74 Å². The summed E-state index contributed by atoms with van der Waals surface area (Å²) in [4.78, 5) is 21.7. The molecule has 2 aromatic rings. The number of ether oxygens (including phenoxy) is 1. The summed E-state index contributed by atoms with van der Waals surface area (Å²) < 4.78 is 5.84. The van der Waals surface area contributed by atoms with Crippen LogP contribution < -0.4 is 0 Å². The average Bonchev–Trinajstić information content (AvgIpc) is 2.87. The lowest BCUT2D eigenvalue weighted by Crippen LogP contribution is -2.13. The van der Waals surface area contributed by atoms with Crippen molar-refractivity contribution in [1.82, 2.24) is 15.0 Å². The monoisotopic (exact) mass is 294 g/mol. The van der Waals surface area contributed by atoms with Crippen LogP contribution in [0.3, 0.4) is 0 Å². The second-order valence-corrected chi connectivity index (χ2v) is 4.37. The number of nitrogens with zero attached hydrogens (tertiary/aromatic N) is 4. The molecule has 20 heavy (non-hydrogen) atoms. The lowest BCUT2D eigenvalue weighted by molar-refractivity contribution is -0.384. The number of thiocarbonyl (C=S) groups is 1. The summed E-state index contributed by atoms with van der Waals surface area (Å²) in [5, 5.41) is 18.5. The van der Waals surface area contributed by atoms with Gasteiger partial charge in [0.1, 0.15) is 16.0 Å². The van der Waals surface area contributed by atoms with E-state index in [1.807, 2.05) is 0 Å². The van der Waals surface area contributed by atoms with Gasteiger partial charge in [0.25, 0.3) is 5.69 Å². The van der Waals surface area contributed by atoms with Crippen molar-refractivity contribution in [3.05, 3.63) is 28.3 Å². The number of carbonyl (C=O) groups excluding carboxylic acids is 1. The molecule has 1 aromatic carbocycles. The van der Waals surface area contributed by atoms with Gasteiger partial charge in [-0.3, -0.25) is 14.9 Å². The molecule has 0 spiro atoms. The van der Waals surface area contributed by atoms with E-state index >= 15 is 0 Å². The molecule has 0 aliphatic rings. The van der Waals surface area contributed by atoms with Crippen LogP contribution in [0.2, 0.25) is 0 Å². The first-order valence-electron chi connectivity index (χ1n) is 5.63. The van der Waals surface area contributed by atoms with Crippen molar-refractivity contribution in [1.29, 1.82) is 0 Å². The number of nitro groups is 1. The minimum absolute atomic E-state index is 0.0724. The number of nitro benzene ring substituents is 1. The molecule has 0 N–H and O–H groups in total. The first kappa shape index (κ1) is 14.0. The Morgan fingerprint density at radius 2 is 2.25 bits per heavy atom. The zero-order valence-corrected chi connectivity index (χ0v) is 11.3. The Morgan fingerprint density at radius 3 is 2.90 bits per heavy atom. The largest absolute Gasteiger partial charge is 0.469 e. The van der Waals surface area contributed by atoms with Gasteiger partial charge in [-0.25, -0.2) is 4.68 Å². The summed E-state index contributed by atoms with van der Waals surface area (Å²) in [6.45, 7) is 0. The molecule has 9 heteroatoms. The van der Waals surface area contributed by atoms with Gasteiger partial charge in [-0.05, 0) is 6.07 Å². The Labute approximate surface area is 118 Å². The fourth-order valence-electron chi connectivity index (χ4n) is 1.62. The molecule has 0 saturated carbocycles. The van der Waals surface area contributed by atoms with E-state index < -0.39 is 4.92 Å². The van der Waals surface area contributed by atoms with E-state index in [0.29, 0.717) is 16.0 Å². The van der Waals surface area contributed by atoms with Gasteiger partial charge in [-0.2, -0.15) is 0 Å². The third kappa shape index (κ3) is 2.77. The maximum Gasteiger partial charge on any atom is 0.305 e. The van der Waals surface area contributed by atoms with Crippen molar-refractivity contribution in [3.63, 3.8) is 0 Å². The van der Waals surface area contributed by atoms with E-state index in [4.69, 9.17) is 12.2 Å². The molecule has 1 aromatic heterocycles. The molecule has 0 radical (unpaired) electrons. The highest BCUT2D eigenvalue weighted by molar-refractivity contribution is 7.80. The predicted molar refractivity (Wildman–Crippen MR) is 73.4 cm³/mol. The van der Waals surface area contributed by atoms with Gasteiger partial charge in [-0.1, -0.05) is 17.4 Å². The number of aromatic nitrogens is 3. The first-order valence-corrected chi connectivity index (χ1v) is 6.03. The molecule has 0 atom stereocenters. The third-order valence-electron chi connectivity index (χ3n) is 2.65. The number of benzene rings is 1. The van der Waals surface area contributed by atoms with Crippen molar-refractivity contribution in [2.45, 2.75) is 12.8 Å². The van der Waals surface area contributed by atoms with Gasteiger partial charge in [-0.15, -0.1) is 5.10 Å². The van der Waals surface area contributed by atoms with E-state index in [1.54, 1.807) is 0 Å². The Balaban J connectivity index is 2.29. The number of carbonyl (C=O) groups is 1. The number of rotatable bonds is 4. The quantitative estimate of drug-likeness (QED) is 0.364. The van der Waals surface area contributed by atoms with Crippen LogP contribution in [-0.4, -0.2) is 38.0 Å². The van der Waals surface area contributed by atoms with Crippen LogP contribution in [0.4, 0.5) is 5.69 Å². The number of fused-ring (bicyclic) bond motifs is 1. The molecule has 0 aliphatic heterocycles. The average molecular weight is 294 g/mol.